The second-order valence-electron chi connectivity index (χ2n) is 3.68. The van der Waals surface area contributed by atoms with E-state index in [1.165, 1.54) is 36.4 Å². The minimum absolute atomic E-state index is 0.0641. The average molecular weight is 316 g/mol. The van der Waals surface area contributed by atoms with E-state index in [0.717, 1.165) is 0 Å². The van der Waals surface area contributed by atoms with E-state index in [1.54, 1.807) is 0 Å². The maximum absolute atomic E-state index is 10.1. The zero-order chi connectivity index (χ0) is 15.3. The Labute approximate surface area is 124 Å². The first-order chi connectivity index (χ1) is 9.31. The Balaban J connectivity index is 0.000000200. The Morgan fingerprint density at radius 3 is 1.85 bits per heavy atom. The van der Waals surface area contributed by atoms with Crippen molar-refractivity contribution in [3.63, 3.8) is 0 Å². The number of phenols is 1. The number of nitro benzene ring substituents is 1. The van der Waals surface area contributed by atoms with E-state index in [2.05, 4.69) is 0 Å². The number of aromatic hydroxyl groups is 1. The molecule has 2 aromatic carbocycles. The van der Waals surface area contributed by atoms with E-state index in [-0.39, 0.29) is 21.5 Å². The molecule has 0 aliphatic rings. The van der Waals surface area contributed by atoms with Crippen molar-refractivity contribution in [3.8, 4) is 5.75 Å². The predicted molar refractivity (Wildman–Crippen MR) is 80.0 cm³/mol. The van der Waals surface area contributed by atoms with Crippen LogP contribution in [0, 0.1) is 10.1 Å². The van der Waals surface area contributed by atoms with Crippen LogP contribution in [0.4, 0.5) is 17.1 Å². The highest BCUT2D eigenvalue weighted by atomic mass is 35.5. The number of nitro groups is 1. The van der Waals surface area contributed by atoms with Crippen molar-refractivity contribution >= 4 is 40.3 Å². The lowest BCUT2D eigenvalue weighted by molar-refractivity contribution is -0.384. The Bertz CT molecular complexity index is 595. The first-order valence-corrected chi connectivity index (χ1v) is 6.00. The van der Waals surface area contributed by atoms with Crippen molar-refractivity contribution < 1.29 is 10.0 Å². The fraction of sp³-hybridized carbons (Fsp3) is 0. The molecule has 0 unspecified atom stereocenters. The lowest BCUT2D eigenvalue weighted by atomic mass is 10.3. The molecule has 106 valence electrons. The molecule has 6 nitrogen and oxygen atoms in total. The normalized spacial score (nSPS) is 9.50. The molecule has 20 heavy (non-hydrogen) atoms. The Morgan fingerprint density at radius 2 is 1.45 bits per heavy atom. The maximum Gasteiger partial charge on any atom is 0.269 e. The van der Waals surface area contributed by atoms with Crippen molar-refractivity contribution in [2.75, 3.05) is 11.5 Å². The van der Waals surface area contributed by atoms with Gasteiger partial charge in [0, 0.05) is 23.5 Å². The first kappa shape index (κ1) is 15.9. The van der Waals surface area contributed by atoms with E-state index < -0.39 is 4.92 Å². The van der Waals surface area contributed by atoms with Gasteiger partial charge in [0.2, 0.25) is 0 Å². The monoisotopic (exact) mass is 315 g/mol. The van der Waals surface area contributed by atoms with Gasteiger partial charge in [-0.05, 0) is 24.3 Å². The summed E-state index contributed by atoms with van der Waals surface area (Å²) < 4.78 is 0. The van der Waals surface area contributed by atoms with Gasteiger partial charge < -0.3 is 16.6 Å². The van der Waals surface area contributed by atoms with Gasteiger partial charge in [-0.1, -0.05) is 23.2 Å². The molecule has 0 aliphatic carbocycles. The van der Waals surface area contributed by atoms with E-state index in [1.807, 2.05) is 0 Å². The third-order valence-electron chi connectivity index (χ3n) is 2.14. The molecule has 2 aromatic rings. The maximum atomic E-state index is 10.1. The highest BCUT2D eigenvalue weighted by Crippen LogP contribution is 2.33. The second kappa shape index (κ2) is 6.83. The van der Waals surface area contributed by atoms with Gasteiger partial charge in [0.15, 0.2) is 5.75 Å². The van der Waals surface area contributed by atoms with Crippen molar-refractivity contribution in [2.45, 2.75) is 0 Å². The van der Waals surface area contributed by atoms with Gasteiger partial charge >= 0.3 is 0 Å². The Hall–Kier alpha value is -2.18. The number of nitrogen functional groups attached to an aromatic ring is 2. The summed E-state index contributed by atoms with van der Waals surface area (Å²) in [5.74, 6) is -0.127. The number of nitrogens with zero attached hydrogens (tertiary/aromatic N) is 1. The number of non-ortho nitro benzene ring substituents is 1. The van der Waals surface area contributed by atoms with Crippen molar-refractivity contribution in [2.24, 2.45) is 0 Å². The van der Waals surface area contributed by atoms with E-state index >= 15 is 0 Å². The van der Waals surface area contributed by atoms with Crippen LogP contribution in [0.25, 0.3) is 0 Å². The summed E-state index contributed by atoms with van der Waals surface area (Å²) in [6.45, 7) is 0. The van der Waals surface area contributed by atoms with E-state index in [9.17, 15) is 10.1 Å². The van der Waals surface area contributed by atoms with Crippen molar-refractivity contribution in [3.05, 3.63) is 56.6 Å². The van der Waals surface area contributed by atoms with Crippen molar-refractivity contribution in [1.29, 1.82) is 0 Å². The van der Waals surface area contributed by atoms with Gasteiger partial charge in [-0.25, -0.2) is 0 Å². The highest BCUT2D eigenvalue weighted by Gasteiger charge is 2.03. The molecule has 5 N–H and O–H groups in total. The van der Waals surface area contributed by atoms with Crippen molar-refractivity contribution in [1.82, 2.24) is 0 Å². The van der Waals surface area contributed by atoms with Crippen LogP contribution in [0.2, 0.25) is 10.0 Å². The first-order valence-electron chi connectivity index (χ1n) is 5.24. The molecule has 2 rings (SSSR count). The molecule has 0 saturated carbocycles. The van der Waals surface area contributed by atoms with Crippen LogP contribution in [0.15, 0.2) is 36.4 Å². The molecule has 0 fully saturated rings. The van der Waals surface area contributed by atoms with E-state index in [0.29, 0.717) is 11.4 Å². The lowest BCUT2D eigenvalue weighted by Crippen LogP contribution is -1.88. The standard InChI is InChI=1S/C6H5Cl2NO.C6H6N2O2/c7-4-1-3(9)2-5(8)6(4)10;7-5-1-3-6(4-2-5)8(9)10/h1-2,10H,9H2;1-4H,7H2. The summed E-state index contributed by atoms with van der Waals surface area (Å²) >= 11 is 11.0. The molecule has 0 spiro atoms. The van der Waals surface area contributed by atoms with E-state index in [4.69, 9.17) is 39.8 Å². The summed E-state index contributed by atoms with van der Waals surface area (Å²) in [6, 6.07) is 8.60. The van der Waals surface area contributed by atoms with Gasteiger partial charge in [-0.15, -0.1) is 0 Å². The third kappa shape index (κ3) is 4.49. The smallest absolute Gasteiger partial charge is 0.269 e. The van der Waals surface area contributed by atoms with Crippen LogP contribution in [0.3, 0.4) is 0 Å². The zero-order valence-corrected chi connectivity index (χ0v) is 11.6. The van der Waals surface area contributed by atoms with Crippen LogP contribution in [-0.4, -0.2) is 10.0 Å². The van der Waals surface area contributed by atoms with Gasteiger partial charge in [0.05, 0.1) is 15.0 Å². The van der Waals surface area contributed by atoms with Gasteiger partial charge in [0.1, 0.15) is 0 Å². The van der Waals surface area contributed by atoms with Crippen LogP contribution >= 0.6 is 23.2 Å². The predicted octanol–water partition coefficient (Wildman–Crippen LogP) is 3.46. The molecule has 0 aliphatic heterocycles. The van der Waals surface area contributed by atoms with Crippen LogP contribution < -0.4 is 11.5 Å². The van der Waals surface area contributed by atoms with Crippen LogP contribution in [0.1, 0.15) is 0 Å². The molecule has 0 atom stereocenters. The van der Waals surface area contributed by atoms with Gasteiger partial charge in [-0.2, -0.15) is 0 Å². The second-order valence-corrected chi connectivity index (χ2v) is 4.50. The summed E-state index contributed by atoms with van der Waals surface area (Å²) in [7, 11) is 0. The summed E-state index contributed by atoms with van der Waals surface area (Å²) in [6.07, 6.45) is 0. The molecule has 0 amide bonds. The van der Waals surface area contributed by atoms with Gasteiger partial charge in [-0.3, -0.25) is 10.1 Å². The fourth-order valence-electron chi connectivity index (χ4n) is 1.18. The molecule has 0 aromatic heterocycles. The molecule has 0 bridgehead atoms. The molecular formula is C12H11Cl2N3O3. The highest BCUT2D eigenvalue weighted by molar-refractivity contribution is 6.37. The number of hydrogen-bond donors (Lipinski definition) is 3. The largest absolute Gasteiger partial charge is 0.505 e. The number of benzene rings is 2. The Kier molecular flexibility index (Phi) is 5.42. The molecule has 0 saturated heterocycles. The molecule has 0 heterocycles. The summed E-state index contributed by atoms with van der Waals surface area (Å²) in [4.78, 5) is 9.62. The molecule has 8 heteroatoms. The fourth-order valence-corrected chi connectivity index (χ4v) is 1.69. The number of anilines is 2. The molecular weight excluding hydrogens is 305 g/mol. The lowest BCUT2D eigenvalue weighted by Gasteiger charge is -1.99. The Morgan fingerprint density at radius 1 is 1.00 bits per heavy atom. The van der Waals surface area contributed by atoms with Crippen LogP contribution in [-0.2, 0) is 0 Å². The minimum Gasteiger partial charge on any atom is -0.505 e. The number of nitrogens with two attached hydrogens (primary N) is 2. The number of rotatable bonds is 1. The minimum atomic E-state index is -0.459. The van der Waals surface area contributed by atoms with Crippen LogP contribution in [0.5, 0.6) is 5.75 Å². The topological polar surface area (TPSA) is 115 Å². The summed E-state index contributed by atoms with van der Waals surface area (Å²) in [5, 5.41) is 19.4. The number of hydrogen-bond acceptors (Lipinski definition) is 5. The third-order valence-corrected chi connectivity index (χ3v) is 2.72. The zero-order valence-electron chi connectivity index (χ0n) is 10.1. The molecule has 0 radical (unpaired) electrons. The van der Waals surface area contributed by atoms with Gasteiger partial charge in [0.25, 0.3) is 5.69 Å². The SMILES string of the molecule is Nc1cc(Cl)c(O)c(Cl)c1.Nc1ccc([N+](=O)[O-])cc1. The number of phenolic OH excluding ortho intramolecular Hbond substituents is 1. The average Bonchev–Trinajstić information content (AvgIpc) is 2.37. The number of halogens is 2. The summed E-state index contributed by atoms with van der Waals surface area (Å²) in [5.41, 5.74) is 11.7. The quantitative estimate of drug-likeness (QED) is 0.322.